The monoisotopic (exact) mass is 362 g/mol. The fourth-order valence-electron chi connectivity index (χ4n) is 3.05. The Labute approximate surface area is 155 Å². The number of aromatic amines is 1. The van der Waals surface area contributed by atoms with E-state index in [0.717, 1.165) is 27.9 Å². The number of para-hydroxylation sites is 1. The average Bonchev–Trinajstić information content (AvgIpc) is 3.35. The standard InChI is InChI=1S/C21H18N2O2S/c1-25-16-6-4-5-15(11-16)23-20(14-9-10-26-13-14)21(24)18-12-22-19-8-3-2-7-17(18)19/h2-13,20,22-23H,1H3. The summed E-state index contributed by atoms with van der Waals surface area (Å²) in [5.74, 6) is 0.780. The van der Waals surface area contributed by atoms with Gasteiger partial charge in [-0.1, -0.05) is 24.3 Å². The molecule has 4 nitrogen and oxygen atoms in total. The van der Waals surface area contributed by atoms with Crippen LogP contribution in [0.2, 0.25) is 0 Å². The van der Waals surface area contributed by atoms with Crippen LogP contribution < -0.4 is 10.1 Å². The predicted molar refractivity (Wildman–Crippen MR) is 106 cm³/mol. The van der Waals surface area contributed by atoms with Gasteiger partial charge >= 0.3 is 0 Å². The van der Waals surface area contributed by atoms with Crippen LogP contribution in [-0.4, -0.2) is 17.9 Å². The molecule has 0 aliphatic rings. The maximum Gasteiger partial charge on any atom is 0.191 e. The number of thiophene rings is 1. The van der Waals surface area contributed by atoms with Gasteiger partial charge in [-0.2, -0.15) is 11.3 Å². The van der Waals surface area contributed by atoms with E-state index in [9.17, 15) is 4.79 Å². The van der Waals surface area contributed by atoms with Crippen LogP contribution in [0.15, 0.2) is 71.6 Å². The second-order valence-corrected chi connectivity index (χ2v) is 6.76. The minimum Gasteiger partial charge on any atom is -0.497 e. The molecular formula is C21H18N2O2S. The van der Waals surface area contributed by atoms with E-state index in [2.05, 4.69) is 10.3 Å². The molecular weight excluding hydrogens is 344 g/mol. The quantitative estimate of drug-likeness (QED) is 0.459. The van der Waals surface area contributed by atoms with Gasteiger partial charge in [0.05, 0.1) is 7.11 Å². The van der Waals surface area contributed by atoms with E-state index in [4.69, 9.17) is 4.74 Å². The Morgan fingerprint density at radius 3 is 2.85 bits per heavy atom. The number of rotatable bonds is 6. The molecule has 2 aromatic heterocycles. The Balaban J connectivity index is 1.72. The molecule has 130 valence electrons. The molecule has 26 heavy (non-hydrogen) atoms. The summed E-state index contributed by atoms with van der Waals surface area (Å²) in [7, 11) is 1.63. The third-order valence-electron chi connectivity index (χ3n) is 4.37. The highest BCUT2D eigenvalue weighted by Gasteiger charge is 2.25. The number of ketones is 1. The number of nitrogens with one attached hydrogen (secondary N) is 2. The SMILES string of the molecule is COc1cccc(NC(C(=O)c2c[nH]c3ccccc23)c2ccsc2)c1. The third kappa shape index (κ3) is 3.09. The number of Topliss-reactive ketones (excluding diaryl/α,β-unsaturated/α-hetero) is 1. The van der Waals surface area contributed by atoms with Crippen LogP contribution in [0.5, 0.6) is 5.75 Å². The molecule has 5 heteroatoms. The van der Waals surface area contributed by atoms with E-state index in [1.807, 2.05) is 65.4 Å². The number of carbonyl (C=O) groups excluding carboxylic acids is 1. The molecule has 0 saturated heterocycles. The van der Waals surface area contributed by atoms with Crippen molar-refractivity contribution in [1.29, 1.82) is 0 Å². The molecule has 4 aromatic rings. The molecule has 0 spiro atoms. The van der Waals surface area contributed by atoms with Gasteiger partial charge in [0.2, 0.25) is 0 Å². The van der Waals surface area contributed by atoms with Gasteiger partial charge in [-0.25, -0.2) is 0 Å². The molecule has 0 amide bonds. The Hall–Kier alpha value is -3.05. The number of hydrogen-bond acceptors (Lipinski definition) is 4. The lowest BCUT2D eigenvalue weighted by molar-refractivity contribution is 0.0971. The number of hydrogen-bond donors (Lipinski definition) is 2. The first-order valence-electron chi connectivity index (χ1n) is 8.29. The van der Waals surface area contributed by atoms with E-state index in [-0.39, 0.29) is 5.78 Å². The van der Waals surface area contributed by atoms with Crippen LogP contribution >= 0.6 is 11.3 Å². The summed E-state index contributed by atoms with van der Waals surface area (Å²) in [6.45, 7) is 0. The Kier molecular flexibility index (Phi) is 4.46. The maximum absolute atomic E-state index is 13.4. The number of fused-ring (bicyclic) bond motifs is 1. The van der Waals surface area contributed by atoms with E-state index >= 15 is 0 Å². The first-order valence-corrected chi connectivity index (χ1v) is 9.23. The number of aromatic nitrogens is 1. The number of methoxy groups -OCH3 is 1. The summed E-state index contributed by atoms with van der Waals surface area (Å²) in [6.07, 6.45) is 1.79. The number of carbonyl (C=O) groups is 1. The fourth-order valence-corrected chi connectivity index (χ4v) is 3.74. The highest BCUT2D eigenvalue weighted by atomic mass is 32.1. The number of ether oxygens (including phenoxy) is 1. The molecule has 0 aliphatic carbocycles. The summed E-state index contributed by atoms with van der Waals surface area (Å²) in [4.78, 5) is 16.6. The van der Waals surface area contributed by atoms with Gasteiger partial charge in [0.15, 0.2) is 5.78 Å². The molecule has 2 aromatic carbocycles. The number of anilines is 1. The molecule has 2 N–H and O–H groups in total. The van der Waals surface area contributed by atoms with E-state index in [0.29, 0.717) is 5.56 Å². The summed E-state index contributed by atoms with van der Waals surface area (Å²) >= 11 is 1.58. The van der Waals surface area contributed by atoms with Gasteiger partial charge in [-0.3, -0.25) is 4.79 Å². The largest absolute Gasteiger partial charge is 0.497 e. The number of H-pyrrole nitrogens is 1. The molecule has 0 fully saturated rings. The Bertz CT molecular complexity index is 1040. The second-order valence-electron chi connectivity index (χ2n) is 5.98. The molecule has 2 heterocycles. The van der Waals surface area contributed by atoms with Crippen LogP contribution in [0.1, 0.15) is 22.0 Å². The average molecular weight is 362 g/mol. The lowest BCUT2D eigenvalue weighted by Crippen LogP contribution is -2.20. The normalized spacial score (nSPS) is 12.0. The highest BCUT2D eigenvalue weighted by molar-refractivity contribution is 7.08. The van der Waals surface area contributed by atoms with E-state index in [1.54, 1.807) is 24.6 Å². The van der Waals surface area contributed by atoms with Crippen LogP contribution in [0.25, 0.3) is 10.9 Å². The molecule has 0 saturated carbocycles. The molecule has 1 unspecified atom stereocenters. The van der Waals surface area contributed by atoms with Crippen molar-refractivity contribution in [3.8, 4) is 5.75 Å². The van der Waals surface area contributed by atoms with Gasteiger partial charge in [-0.15, -0.1) is 0 Å². The van der Waals surface area contributed by atoms with Crippen LogP contribution in [0.3, 0.4) is 0 Å². The molecule has 4 rings (SSSR count). The van der Waals surface area contributed by atoms with Gasteiger partial charge in [0, 0.05) is 34.4 Å². The first kappa shape index (κ1) is 16.4. The fraction of sp³-hybridized carbons (Fsp3) is 0.0952. The highest BCUT2D eigenvalue weighted by Crippen LogP contribution is 2.29. The summed E-state index contributed by atoms with van der Waals surface area (Å²) in [5.41, 5.74) is 3.44. The molecule has 0 aliphatic heterocycles. The lowest BCUT2D eigenvalue weighted by Gasteiger charge is -2.18. The zero-order valence-electron chi connectivity index (χ0n) is 14.2. The minimum atomic E-state index is -0.465. The Morgan fingerprint density at radius 1 is 1.15 bits per heavy atom. The van der Waals surface area contributed by atoms with Crippen molar-refractivity contribution < 1.29 is 9.53 Å². The molecule has 0 radical (unpaired) electrons. The minimum absolute atomic E-state index is 0.0312. The summed E-state index contributed by atoms with van der Waals surface area (Å²) in [5, 5.41) is 8.30. The van der Waals surface area contributed by atoms with Crippen LogP contribution in [0.4, 0.5) is 5.69 Å². The van der Waals surface area contributed by atoms with E-state index < -0.39 is 6.04 Å². The van der Waals surface area contributed by atoms with Crippen LogP contribution in [0, 0.1) is 0 Å². The zero-order chi connectivity index (χ0) is 17.9. The smallest absolute Gasteiger partial charge is 0.191 e. The van der Waals surface area contributed by atoms with Gasteiger partial charge in [-0.05, 0) is 40.6 Å². The molecule has 1 atom stereocenters. The van der Waals surface area contributed by atoms with E-state index in [1.165, 1.54) is 0 Å². The third-order valence-corrected chi connectivity index (χ3v) is 5.08. The van der Waals surface area contributed by atoms with Crippen LogP contribution in [-0.2, 0) is 0 Å². The van der Waals surface area contributed by atoms with Crippen molar-refractivity contribution in [3.63, 3.8) is 0 Å². The lowest BCUT2D eigenvalue weighted by atomic mass is 9.98. The Morgan fingerprint density at radius 2 is 2.04 bits per heavy atom. The van der Waals surface area contributed by atoms with Gasteiger partial charge in [0.25, 0.3) is 0 Å². The molecule has 0 bridgehead atoms. The van der Waals surface area contributed by atoms with Crippen molar-refractivity contribution in [2.75, 3.05) is 12.4 Å². The number of benzene rings is 2. The van der Waals surface area contributed by atoms with Crippen molar-refractivity contribution in [2.24, 2.45) is 0 Å². The van der Waals surface area contributed by atoms with Crippen molar-refractivity contribution in [1.82, 2.24) is 4.98 Å². The maximum atomic E-state index is 13.4. The van der Waals surface area contributed by atoms with Gasteiger partial charge < -0.3 is 15.0 Å². The second kappa shape index (κ2) is 7.06. The predicted octanol–water partition coefficient (Wildman–Crippen LogP) is 5.27. The van der Waals surface area contributed by atoms with Crippen molar-refractivity contribution in [2.45, 2.75) is 6.04 Å². The van der Waals surface area contributed by atoms with Crippen molar-refractivity contribution >= 4 is 33.7 Å². The topological polar surface area (TPSA) is 54.1 Å². The zero-order valence-corrected chi connectivity index (χ0v) is 15.0. The summed E-state index contributed by atoms with van der Waals surface area (Å²) in [6, 6.07) is 17.0. The van der Waals surface area contributed by atoms with Crippen molar-refractivity contribution in [3.05, 3.63) is 82.7 Å². The van der Waals surface area contributed by atoms with Gasteiger partial charge in [0.1, 0.15) is 11.8 Å². The first-order chi connectivity index (χ1) is 12.8. The summed E-state index contributed by atoms with van der Waals surface area (Å²) < 4.78 is 5.29.